The fraction of sp³-hybridized carbons (Fsp3) is 0.571. The molecule has 1 atom stereocenters. The minimum absolute atomic E-state index is 0.0415. The van der Waals surface area contributed by atoms with Gasteiger partial charge in [0.05, 0.1) is 0 Å². The molecule has 0 radical (unpaired) electrons. The molecule has 0 spiro atoms. The predicted octanol–water partition coefficient (Wildman–Crippen LogP) is 2.44. The van der Waals surface area contributed by atoms with Gasteiger partial charge in [-0.25, -0.2) is 9.59 Å². The minimum Gasteiger partial charge on any atom is -0.477 e. The molecule has 0 aromatic carbocycles. The number of carbonyl (C=O) groups excluding carboxylic acids is 1. The molecule has 6 heteroatoms. The van der Waals surface area contributed by atoms with Crippen LogP contribution in [0.3, 0.4) is 0 Å². The number of hydrogen-bond donors (Lipinski definition) is 2. The number of hydrogen-bond acceptors (Lipinski definition) is 3. The molecule has 0 aliphatic carbocycles. The molecule has 110 valence electrons. The van der Waals surface area contributed by atoms with Gasteiger partial charge in [0.2, 0.25) is 0 Å². The van der Waals surface area contributed by atoms with Crippen LogP contribution in [0.5, 0.6) is 0 Å². The highest BCUT2D eigenvalue weighted by Crippen LogP contribution is 2.30. The maximum Gasteiger partial charge on any atom is 0.410 e. The van der Waals surface area contributed by atoms with Gasteiger partial charge >= 0.3 is 12.1 Å². The number of rotatable bonds is 2. The van der Waals surface area contributed by atoms with Gasteiger partial charge in [0, 0.05) is 25.2 Å². The van der Waals surface area contributed by atoms with E-state index in [1.165, 1.54) is 0 Å². The number of carboxylic acids is 1. The van der Waals surface area contributed by atoms with Gasteiger partial charge in [-0.05, 0) is 38.8 Å². The van der Waals surface area contributed by atoms with Crippen molar-refractivity contribution in [2.75, 3.05) is 13.1 Å². The molecule has 1 amide bonds. The first kappa shape index (κ1) is 14.4. The van der Waals surface area contributed by atoms with E-state index in [1.807, 2.05) is 20.8 Å². The Kier molecular flexibility index (Phi) is 3.74. The monoisotopic (exact) mass is 280 g/mol. The Bertz CT molecular complexity index is 515. The highest BCUT2D eigenvalue weighted by Gasteiger charge is 2.32. The first-order chi connectivity index (χ1) is 9.28. The average Bonchev–Trinajstić information content (AvgIpc) is 2.95. The first-order valence-electron chi connectivity index (χ1n) is 6.66. The summed E-state index contributed by atoms with van der Waals surface area (Å²) in [5.74, 6) is -0.930. The molecular formula is C14H20N2O4. The number of amides is 1. The molecule has 1 aliphatic rings. The van der Waals surface area contributed by atoms with Gasteiger partial charge in [0.1, 0.15) is 11.3 Å². The third-order valence-corrected chi connectivity index (χ3v) is 3.27. The lowest BCUT2D eigenvalue weighted by Crippen LogP contribution is -2.35. The smallest absolute Gasteiger partial charge is 0.410 e. The van der Waals surface area contributed by atoms with Crippen LogP contribution in [0, 0.1) is 0 Å². The van der Waals surface area contributed by atoms with Crippen molar-refractivity contribution in [3.8, 4) is 0 Å². The Hall–Kier alpha value is -1.98. The summed E-state index contributed by atoms with van der Waals surface area (Å²) in [7, 11) is 0. The fourth-order valence-corrected chi connectivity index (χ4v) is 2.41. The summed E-state index contributed by atoms with van der Waals surface area (Å²) < 4.78 is 5.33. The SMILES string of the molecule is CC(C)(C)OC(=O)N1CCC(c2cc[nH]c2C(=O)O)C1. The molecular weight excluding hydrogens is 260 g/mol. The number of likely N-dealkylation sites (tertiary alicyclic amines) is 1. The Morgan fingerprint density at radius 3 is 2.75 bits per heavy atom. The molecule has 6 nitrogen and oxygen atoms in total. The summed E-state index contributed by atoms with van der Waals surface area (Å²) in [6, 6.07) is 1.77. The topological polar surface area (TPSA) is 82.6 Å². The zero-order chi connectivity index (χ0) is 14.9. The minimum atomic E-state index is -0.972. The summed E-state index contributed by atoms with van der Waals surface area (Å²) in [5, 5.41) is 9.11. The molecule has 2 heterocycles. The summed E-state index contributed by atoms with van der Waals surface area (Å²) in [4.78, 5) is 27.4. The summed E-state index contributed by atoms with van der Waals surface area (Å²) >= 11 is 0. The number of carboxylic acid groups (broad SMARTS) is 1. The van der Waals surface area contributed by atoms with Crippen LogP contribution in [0.15, 0.2) is 12.3 Å². The molecule has 1 aromatic rings. The molecule has 1 fully saturated rings. The molecule has 2 rings (SSSR count). The van der Waals surface area contributed by atoms with Crippen LogP contribution >= 0.6 is 0 Å². The molecule has 1 aromatic heterocycles. The number of ether oxygens (including phenoxy) is 1. The van der Waals surface area contributed by atoms with Gasteiger partial charge in [-0.15, -0.1) is 0 Å². The second-order valence-electron chi connectivity index (χ2n) is 6.03. The van der Waals surface area contributed by atoms with Crippen molar-refractivity contribution in [3.05, 3.63) is 23.5 Å². The lowest BCUT2D eigenvalue weighted by Gasteiger charge is -2.24. The van der Waals surface area contributed by atoms with E-state index in [4.69, 9.17) is 9.84 Å². The van der Waals surface area contributed by atoms with E-state index in [1.54, 1.807) is 17.2 Å². The van der Waals surface area contributed by atoms with E-state index in [0.717, 1.165) is 12.0 Å². The zero-order valence-electron chi connectivity index (χ0n) is 12.0. The molecule has 20 heavy (non-hydrogen) atoms. The summed E-state index contributed by atoms with van der Waals surface area (Å²) in [5.41, 5.74) is 0.444. The highest BCUT2D eigenvalue weighted by atomic mass is 16.6. The summed E-state index contributed by atoms with van der Waals surface area (Å²) in [6.45, 7) is 6.56. The maximum absolute atomic E-state index is 12.0. The second-order valence-corrected chi connectivity index (χ2v) is 6.03. The average molecular weight is 280 g/mol. The third-order valence-electron chi connectivity index (χ3n) is 3.27. The van der Waals surface area contributed by atoms with Gasteiger partial charge in [-0.1, -0.05) is 0 Å². The van der Waals surface area contributed by atoms with Crippen LogP contribution in [0.4, 0.5) is 4.79 Å². The van der Waals surface area contributed by atoms with Crippen molar-refractivity contribution in [3.63, 3.8) is 0 Å². The number of nitrogens with one attached hydrogen (secondary N) is 1. The predicted molar refractivity (Wildman–Crippen MR) is 72.9 cm³/mol. The molecule has 0 bridgehead atoms. The van der Waals surface area contributed by atoms with Crippen LogP contribution in [0.2, 0.25) is 0 Å². The zero-order valence-corrected chi connectivity index (χ0v) is 12.0. The Morgan fingerprint density at radius 1 is 1.45 bits per heavy atom. The van der Waals surface area contributed by atoms with Crippen LogP contribution in [-0.4, -0.2) is 45.7 Å². The van der Waals surface area contributed by atoms with E-state index >= 15 is 0 Å². The molecule has 1 unspecified atom stereocenters. The van der Waals surface area contributed by atoms with Gasteiger partial charge in [-0.3, -0.25) is 0 Å². The van der Waals surface area contributed by atoms with Crippen molar-refractivity contribution in [2.24, 2.45) is 0 Å². The van der Waals surface area contributed by atoms with Crippen LogP contribution < -0.4 is 0 Å². The first-order valence-corrected chi connectivity index (χ1v) is 6.66. The third kappa shape index (κ3) is 3.12. The number of H-pyrrole nitrogens is 1. The van der Waals surface area contributed by atoms with E-state index in [-0.39, 0.29) is 17.7 Å². The largest absolute Gasteiger partial charge is 0.477 e. The van der Waals surface area contributed by atoms with Crippen molar-refractivity contribution >= 4 is 12.1 Å². The number of aromatic amines is 1. The van der Waals surface area contributed by atoms with Crippen molar-refractivity contribution < 1.29 is 19.4 Å². The Labute approximate surface area is 117 Å². The van der Waals surface area contributed by atoms with Crippen LogP contribution in [0.25, 0.3) is 0 Å². The lowest BCUT2D eigenvalue weighted by atomic mass is 9.99. The van der Waals surface area contributed by atoms with Crippen molar-refractivity contribution in [1.29, 1.82) is 0 Å². The highest BCUT2D eigenvalue weighted by molar-refractivity contribution is 5.87. The molecule has 1 saturated heterocycles. The normalized spacial score (nSPS) is 19.1. The van der Waals surface area contributed by atoms with E-state index in [0.29, 0.717) is 13.1 Å². The van der Waals surface area contributed by atoms with Gasteiger partial charge in [-0.2, -0.15) is 0 Å². The number of aromatic nitrogens is 1. The van der Waals surface area contributed by atoms with Gasteiger partial charge in [0.15, 0.2) is 0 Å². The van der Waals surface area contributed by atoms with E-state index in [9.17, 15) is 9.59 Å². The second kappa shape index (κ2) is 5.19. The van der Waals surface area contributed by atoms with E-state index in [2.05, 4.69) is 4.98 Å². The van der Waals surface area contributed by atoms with Gasteiger partial charge < -0.3 is 19.7 Å². The fourth-order valence-electron chi connectivity index (χ4n) is 2.41. The van der Waals surface area contributed by atoms with Crippen LogP contribution in [-0.2, 0) is 4.74 Å². The number of aromatic carboxylic acids is 1. The molecule has 2 N–H and O–H groups in total. The van der Waals surface area contributed by atoms with Crippen molar-refractivity contribution in [2.45, 2.75) is 38.7 Å². The lowest BCUT2D eigenvalue weighted by molar-refractivity contribution is 0.0292. The van der Waals surface area contributed by atoms with Crippen LogP contribution in [0.1, 0.15) is 49.2 Å². The summed E-state index contributed by atoms with van der Waals surface area (Å²) in [6.07, 6.45) is 2.03. The standard InChI is InChI=1S/C14H20N2O4/c1-14(2,3)20-13(19)16-7-5-9(8-16)10-4-6-15-11(10)12(17)18/h4,6,9,15H,5,7-8H2,1-3H3,(H,17,18). The molecule has 1 aliphatic heterocycles. The van der Waals surface area contributed by atoms with Crippen molar-refractivity contribution in [1.82, 2.24) is 9.88 Å². The Morgan fingerprint density at radius 2 is 2.15 bits per heavy atom. The quantitative estimate of drug-likeness (QED) is 0.871. The van der Waals surface area contributed by atoms with Gasteiger partial charge in [0.25, 0.3) is 0 Å². The maximum atomic E-state index is 12.0. The number of nitrogens with zero attached hydrogens (tertiary/aromatic N) is 1. The molecule has 0 saturated carbocycles. The Balaban J connectivity index is 2.04. The number of carbonyl (C=O) groups is 2. The van der Waals surface area contributed by atoms with E-state index < -0.39 is 11.6 Å².